The van der Waals surface area contributed by atoms with Crippen LogP contribution >= 0.6 is 0 Å². The predicted molar refractivity (Wildman–Crippen MR) is 112 cm³/mol. The zero-order valence-electron chi connectivity index (χ0n) is 17.5. The molecule has 0 unspecified atom stereocenters. The summed E-state index contributed by atoms with van der Waals surface area (Å²) in [4.78, 5) is 31.4. The average molecular weight is 415 g/mol. The van der Waals surface area contributed by atoms with Gasteiger partial charge in [0, 0.05) is 45.0 Å². The molecule has 2 saturated heterocycles. The number of likely N-dealkylation sites (tertiary alicyclic amines) is 1. The molecule has 30 heavy (non-hydrogen) atoms. The molecule has 0 aliphatic carbocycles. The van der Waals surface area contributed by atoms with Crippen molar-refractivity contribution in [1.82, 2.24) is 24.5 Å². The van der Waals surface area contributed by atoms with Crippen LogP contribution in [-0.2, 0) is 11.3 Å². The molecule has 4 heterocycles. The van der Waals surface area contributed by atoms with Gasteiger partial charge in [0.2, 0.25) is 5.91 Å². The van der Waals surface area contributed by atoms with Gasteiger partial charge < -0.3 is 19.1 Å². The number of carbonyl (C=O) groups is 2. The number of nitrogens with zero attached hydrogens (tertiary/aromatic N) is 5. The fraction of sp³-hybridized carbons (Fsp3) is 0.571. The molecule has 1 atom stereocenters. The summed E-state index contributed by atoms with van der Waals surface area (Å²) in [5.74, 6) is 1.32. The molecular weight excluding hydrogens is 384 g/mol. The lowest BCUT2D eigenvalue weighted by Crippen LogP contribution is -2.48. The fourth-order valence-electron chi connectivity index (χ4n) is 4.12. The zero-order chi connectivity index (χ0) is 20.9. The number of anilines is 1. The summed E-state index contributed by atoms with van der Waals surface area (Å²) in [7, 11) is 2.06. The van der Waals surface area contributed by atoms with Gasteiger partial charge in [-0.3, -0.25) is 14.8 Å². The van der Waals surface area contributed by atoms with E-state index in [1.165, 1.54) is 0 Å². The van der Waals surface area contributed by atoms with Crippen LogP contribution in [0.1, 0.15) is 37.5 Å². The summed E-state index contributed by atoms with van der Waals surface area (Å²) in [5, 5.41) is 7.27. The molecular formula is C21H30N6O3. The van der Waals surface area contributed by atoms with E-state index in [-0.39, 0.29) is 24.5 Å². The summed E-state index contributed by atoms with van der Waals surface area (Å²) in [6.07, 6.45) is 7.40. The van der Waals surface area contributed by atoms with E-state index in [0.29, 0.717) is 12.4 Å². The highest BCUT2D eigenvalue weighted by Crippen LogP contribution is 2.30. The van der Waals surface area contributed by atoms with Gasteiger partial charge in [-0.1, -0.05) is 12.8 Å². The van der Waals surface area contributed by atoms with Crippen molar-refractivity contribution in [2.75, 3.05) is 45.1 Å². The Hall–Kier alpha value is -2.81. The van der Waals surface area contributed by atoms with Crippen LogP contribution in [0.5, 0.6) is 0 Å². The molecule has 162 valence electrons. The third-order valence-corrected chi connectivity index (χ3v) is 5.91. The standard InChI is InChI=1S/C21H30N6O3/c1-24-11-13-25(14-12-24)20(28)16-26-10-8-19(23-26)22-21(29)27-9-4-2-3-6-17(27)18-7-5-15-30-18/h5,7-8,10,15,17H,2-4,6,9,11-14,16H2,1H3,(H,22,23,29)/t17-/m0/s1. The van der Waals surface area contributed by atoms with E-state index in [9.17, 15) is 9.59 Å². The van der Waals surface area contributed by atoms with Crippen molar-refractivity contribution in [1.29, 1.82) is 0 Å². The molecule has 9 nitrogen and oxygen atoms in total. The maximum absolute atomic E-state index is 13.0. The van der Waals surface area contributed by atoms with Crippen molar-refractivity contribution in [3.63, 3.8) is 0 Å². The molecule has 3 amide bonds. The molecule has 2 aliphatic heterocycles. The van der Waals surface area contributed by atoms with Gasteiger partial charge in [0.15, 0.2) is 5.82 Å². The minimum atomic E-state index is -0.186. The minimum Gasteiger partial charge on any atom is -0.467 e. The van der Waals surface area contributed by atoms with Gasteiger partial charge in [0.05, 0.1) is 12.3 Å². The van der Waals surface area contributed by atoms with Gasteiger partial charge in [-0.2, -0.15) is 5.10 Å². The minimum absolute atomic E-state index is 0.0504. The molecule has 0 saturated carbocycles. The number of likely N-dealkylation sites (N-methyl/N-ethyl adjacent to an activating group) is 1. The highest BCUT2D eigenvalue weighted by Gasteiger charge is 2.29. The van der Waals surface area contributed by atoms with Crippen molar-refractivity contribution in [2.45, 2.75) is 38.3 Å². The summed E-state index contributed by atoms with van der Waals surface area (Å²) in [6, 6.07) is 5.26. The van der Waals surface area contributed by atoms with Gasteiger partial charge in [-0.15, -0.1) is 0 Å². The van der Waals surface area contributed by atoms with Crippen molar-refractivity contribution >= 4 is 17.8 Å². The van der Waals surface area contributed by atoms with Gasteiger partial charge in [0.1, 0.15) is 12.3 Å². The van der Waals surface area contributed by atoms with Crippen LogP contribution in [0.15, 0.2) is 35.1 Å². The first-order chi connectivity index (χ1) is 14.6. The number of rotatable bonds is 4. The average Bonchev–Trinajstić information content (AvgIpc) is 3.36. The summed E-state index contributed by atoms with van der Waals surface area (Å²) in [5.41, 5.74) is 0. The number of aromatic nitrogens is 2. The second-order valence-electron chi connectivity index (χ2n) is 8.09. The first-order valence-corrected chi connectivity index (χ1v) is 10.7. The number of amides is 3. The third-order valence-electron chi connectivity index (χ3n) is 5.91. The molecule has 2 aromatic heterocycles. The number of piperazine rings is 1. The Bertz CT molecular complexity index is 841. The Balaban J connectivity index is 1.36. The SMILES string of the molecule is CN1CCN(C(=O)Cn2ccc(NC(=O)N3CCCCC[C@H]3c3ccco3)n2)CC1. The van der Waals surface area contributed by atoms with E-state index in [1.54, 1.807) is 23.2 Å². The number of hydrogen-bond acceptors (Lipinski definition) is 5. The number of urea groups is 1. The lowest BCUT2D eigenvalue weighted by atomic mass is 10.1. The van der Waals surface area contributed by atoms with Crippen molar-refractivity contribution < 1.29 is 14.0 Å². The maximum atomic E-state index is 13.0. The second-order valence-corrected chi connectivity index (χ2v) is 8.09. The van der Waals surface area contributed by atoms with E-state index in [4.69, 9.17) is 4.42 Å². The Labute approximate surface area is 176 Å². The Kier molecular flexibility index (Phi) is 6.37. The van der Waals surface area contributed by atoms with Crippen LogP contribution in [0.3, 0.4) is 0 Å². The van der Waals surface area contributed by atoms with E-state index < -0.39 is 0 Å². The molecule has 0 aromatic carbocycles. The first kappa shape index (κ1) is 20.5. The molecule has 2 fully saturated rings. The van der Waals surface area contributed by atoms with Crippen LogP contribution in [0, 0.1) is 0 Å². The highest BCUT2D eigenvalue weighted by atomic mass is 16.3. The Morgan fingerprint density at radius 2 is 1.97 bits per heavy atom. The number of furan rings is 1. The normalized spacial score (nSPS) is 20.8. The molecule has 0 spiro atoms. The summed E-state index contributed by atoms with van der Waals surface area (Å²) >= 11 is 0. The van der Waals surface area contributed by atoms with E-state index in [0.717, 1.165) is 57.6 Å². The maximum Gasteiger partial charge on any atom is 0.323 e. The Morgan fingerprint density at radius 1 is 1.13 bits per heavy atom. The van der Waals surface area contributed by atoms with Gasteiger partial charge >= 0.3 is 6.03 Å². The summed E-state index contributed by atoms with van der Waals surface area (Å²) in [6.45, 7) is 4.11. The predicted octanol–water partition coefficient (Wildman–Crippen LogP) is 2.40. The van der Waals surface area contributed by atoms with E-state index in [2.05, 4.69) is 22.4 Å². The number of hydrogen-bond donors (Lipinski definition) is 1. The largest absolute Gasteiger partial charge is 0.467 e. The molecule has 2 aliphatic rings. The second kappa shape index (κ2) is 9.34. The topological polar surface area (TPSA) is 86.9 Å². The lowest BCUT2D eigenvalue weighted by Gasteiger charge is -2.32. The fourth-order valence-corrected chi connectivity index (χ4v) is 4.12. The van der Waals surface area contributed by atoms with E-state index >= 15 is 0 Å². The van der Waals surface area contributed by atoms with Gasteiger partial charge in [0.25, 0.3) is 0 Å². The molecule has 9 heteroatoms. The third kappa shape index (κ3) is 4.84. The van der Waals surface area contributed by atoms with Crippen molar-refractivity contribution in [3.8, 4) is 0 Å². The van der Waals surface area contributed by atoms with Crippen molar-refractivity contribution in [2.24, 2.45) is 0 Å². The van der Waals surface area contributed by atoms with Crippen LogP contribution in [0.4, 0.5) is 10.6 Å². The highest BCUT2D eigenvalue weighted by molar-refractivity contribution is 5.88. The molecule has 0 radical (unpaired) electrons. The van der Waals surface area contributed by atoms with E-state index in [1.807, 2.05) is 21.9 Å². The van der Waals surface area contributed by atoms with Crippen LogP contribution in [-0.4, -0.2) is 76.2 Å². The quantitative estimate of drug-likeness (QED) is 0.830. The van der Waals surface area contributed by atoms with Crippen LogP contribution in [0.2, 0.25) is 0 Å². The Morgan fingerprint density at radius 3 is 2.73 bits per heavy atom. The van der Waals surface area contributed by atoms with Gasteiger partial charge in [-0.25, -0.2) is 4.79 Å². The van der Waals surface area contributed by atoms with Crippen LogP contribution in [0.25, 0.3) is 0 Å². The first-order valence-electron chi connectivity index (χ1n) is 10.7. The zero-order valence-corrected chi connectivity index (χ0v) is 17.5. The molecule has 4 rings (SSSR count). The van der Waals surface area contributed by atoms with Crippen LogP contribution < -0.4 is 5.32 Å². The van der Waals surface area contributed by atoms with Gasteiger partial charge in [-0.05, 0) is 32.0 Å². The smallest absolute Gasteiger partial charge is 0.323 e. The molecule has 0 bridgehead atoms. The summed E-state index contributed by atoms with van der Waals surface area (Å²) < 4.78 is 7.17. The molecule has 2 aromatic rings. The molecule has 1 N–H and O–H groups in total. The number of carbonyl (C=O) groups excluding carboxylic acids is 2. The lowest BCUT2D eigenvalue weighted by molar-refractivity contribution is -0.133. The van der Waals surface area contributed by atoms with Crippen molar-refractivity contribution in [3.05, 3.63) is 36.4 Å². The monoisotopic (exact) mass is 414 g/mol. The number of nitrogens with one attached hydrogen (secondary N) is 1.